The quantitative estimate of drug-likeness (QED) is 0.273. The van der Waals surface area contributed by atoms with Crippen molar-refractivity contribution < 1.29 is 38.1 Å². The van der Waals surface area contributed by atoms with Gasteiger partial charge >= 0.3 is 24.0 Å². The summed E-state index contributed by atoms with van der Waals surface area (Å²) in [5, 5.41) is 21.8. The lowest BCUT2D eigenvalue weighted by Crippen LogP contribution is -2.48. The number of rotatable bonds is 4. The molecule has 4 aliphatic heterocycles. The van der Waals surface area contributed by atoms with E-state index in [9.17, 15) is 19.2 Å². The van der Waals surface area contributed by atoms with Gasteiger partial charge in [0.15, 0.2) is 34.7 Å². The van der Waals surface area contributed by atoms with Gasteiger partial charge in [-0.15, -0.1) is 0 Å². The molecule has 2 saturated heterocycles. The van der Waals surface area contributed by atoms with Gasteiger partial charge < -0.3 is 28.7 Å². The van der Waals surface area contributed by atoms with Crippen LogP contribution in [0, 0.1) is 0 Å². The molecule has 18 nitrogen and oxygen atoms in total. The summed E-state index contributed by atoms with van der Waals surface area (Å²) in [6.07, 6.45) is 4.36. The largest absolute Gasteiger partial charge is 0.477 e. The van der Waals surface area contributed by atoms with Crippen molar-refractivity contribution in [3.63, 3.8) is 0 Å². The van der Waals surface area contributed by atoms with Gasteiger partial charge in [0.25, 0.3) is 0 Å². The molecule has 0 radical (unpaired) electrons. The smallest absolute Gasteiger partial charge is 0.356 e. The van der Waals surface area contributed by atoms with Crippen molar-refractivity contribution in [2.45, 2.75) is 24.9 Å². The van der Waals surface area contributed by atoms with Crippen LogP contribution < -0.4 is 30.2 Å². The number of ether oxygens (including phenoxy) is 1. The number of aromatic carboxylic acids is 1. The van der Waals surface area contributed by atoms with E-state index in [0.29, 0.717) is 29.8 Å². The summed E-state index contributed by atoms with van der Waals surface area (Å²) in [4.78, 5) is 64.2. The number of anilines is 6. The van der Waals surface area contributed by atoms with E-state index in [2.05, 4.69) is 40.7 Å². The van der Waals surface area contributed by atoms with Crippen LogP contribution in [0.15, 0.2) is 58.0 Å². The minimum atomic E-state index is -1.13. The molecule has 2 fully saturated rings. The molecule has 4 bridgehead atoms. The number of carboxylic acids is 1. The minimum Gasteiger partial charge on any atom is -0.477 e. The number of carbonyl (C=O) groups excluding carboxylic acids is 3. The first-order valence-electron chi connectivity index (χ1n) is 14.7. The lowest BCUT2D eigenvalue weighted by atomic mass is 10.2. The first-order chi connectivity index (χ1) is 22.8. The van der Waals surface area contributed by atoms with Gasteiger partial charge in [0.05, 0.1) is 30.6 Å². The van der Waals surface area contributed by atoms with E-state index in [4.69, 9.17) is 18.9 Å². The van der Waals surface area contributed by atoms with Gasteiger partial charge in [-0.05, 0) is 37.1 Å². The van der Waals surface area contributed by atoms with Crippen LogP contribution in [-0.2, 0) is 4.74 Å². The van der Waals surface area contributed by atoms with Crippen LogP contribution in [0.1, 0.15) is 33.8 Å². The van der Waals surface area contributed by atoms with Crippen LogP contribution in [-0.4, -0.2) is 94.8 Å². The van der Waals surface area contributed by atoms with Crippen LogP contribution in [0.2, 0.25) is 0 Å². The Balaban J connectivity index is 0.000000150. The first kappa shape index (κ1) is 29.5. The zero-order chi connectivity index (χ0) is 32.7. The van der Waals surface area contributed by atoms with Crippen LogP contribution in [0.4, 0.5) is 44.2 Å². The van der Waals surface area contributed by atoms with Gasteiger partial charge in [-0.3, -0.25) is 20.4 Å². The number of nitrogens with zero attached hydrogens (tertiary/aromatic N) is 8. The lowest BCUT2D eigenvalue weighted by Gasteiger charge is -2.35. The maximum atomic E-state index is 12.7. The molecule has 242 valence electrons. The molecule has 2 atom stereocenters. The van der Waals surface area contributed by atoms with Crippen molar-refractivity contribution in [1.29, 1.82) is 0 Å². The fourth-order valence-electron chi connectivity index (χ4n) is 6.17. The standard InChI is InChI=1S/C15H15N5O4.C14H13N5O4/c1-23-14(21)10-2-3-11-13(16-10)20(9-4-6-19(11)8-9)15(22)17-12-5-7-24-18-12;20-13(21)9-1-2-10-12(15-9)19(8-3-5-18(10)7-8)14(22)16-11-4-6-23-17-11/h2-3,5,7,9H,4,6,8H2,1H3,(H,17,18,22);1-2,4,6,8H,3,5,7H2,(H,20,21)(H,16,17,22)/t9-;8-/m00/s1. The summed E-state index contributed by atoms with van der Waals surface area (Å²) in [5.41, 5.74) is 1.66. The number of nitrogens with one attached hydrogen (secondary N) is 2. The van der Waals surface area contributed by atoms with E-state index in [-0.39, 0.29) is 29.5 Å². The number of aromatic nitrogens is 4. The molecule has 4 aromatic rings. The van der Waals surface area contributed by atoms with Crippen molar-refractivity contribution in [2.75, 3.05) is 63.5 Å². The average Bonchev–Trinajstić information content (AvgIpc) is 3.91. The molecule has 0 saturated carbocycles. The van der Waals surface area contributed by atoms with Crippen molar-refractivity contribution in [1.82, 2.24) is 20.3 Å². The SMILES string of the molecule is COC(=O)c1ccc2c(n1)N(C(=O)Nc1ccon1)[C@H]1CCN2C1.O=C(O)c1ccc2c(n1)N(C(=O)Nc1ccon1)[C@H]1CCN2C1. The van der Waals surface area contributed by atoms with Gasteiger partial charge in [0.1, 0.15) is 12.5 Å². The Morgan fingerprint density at radius 2 is 1.26 bits per heavy atom. The van der Waals surface area contributed by atoms with Crippen LogP contribution >= 0.6 is 0 Å². The summed E-state index contributed by atoms with van der Waals surface area (Å²) in [6, 6.07) is 8.83. The normalized spacial score (nSPS) is 18.5. The number of esters is 1. The number of fused-ring (bicyclic) bond motifs is 8. The molecule has 4 aromatic heterocycles. The third-order valence-electron chi connectivity index (χ3n) is 8.30. The molecule has 8 rings (SSSR count). The second-order valence-corrected chi connectivity index (χ2v) is 11.0. The summed E-state index contributed by atoms with van der Waals surface area (Å²) in [5.74, 6) is -0.232. The highest BCUT2D eigenvalue weighted by Gasteiger charge is 2.42. The third kappa shape index (κ3) is 5.49. The molecule has 47 heavy (non-hydrogen) atoms. The van der Waals surface area contributed by atoms with Gasteiger partial charge in [-0.1, -0.05) is 10.3 Å². The average molecular weight is 645 g/mol. The number of urea groups is 2. The second kappa shape index (κ2) is 12.0. The number of carboxylic acid groups (broad SMARTS) is 1. The van der Waals surface area contributed by atoms with Gasteiger partial charge in [0.2, 0.25) is 0 Å². The number of amides is 4. The number of pyridine rings is 2. The Labute approximate surface area is 265 Å². The van der Waals surface area contributed by atoms with E-state index in [1.54, 1.807) is 29.2 Å². The molecule has 3 N–H and O–H groups in total. The maximum absolute atomic E-state index is 12.7. The van der Waals surface area contributed by atoms with Gasteiger partial charge in [-0.25, -0.2) is 29.1 Å². The lowest BCUT2D eigenvalue weighted by molar-refractivity contribution is 0.0593. The molecule has 0 unspecified atom stereocenters. The van der Waals surface area contributed by atoms with Gasteiger partial charge in [-0.2, -0.15) is 0 Å². The minimum absolute atomic E-state index is 0.00945. The first-order valence-corrected chi connectivity index (χ1v) is 14.7. The van der Waals surface area contributed by atoms with Crippen molar-refractivity contribution in [3.05, 3.63) is 60.3 Å². The van der Waals surface area contributed by atoms with E-state index in [1.807, 2.05) is 0 Å². The summed E-state index contributed by atoms with van der Waals surface area (Å²) >= 11 is 0. The van der Waals surface area contributed by atoms with Crippen LogP contribution in [0.5, 0.6) is 0 Å². The molecule has 4 amide bonds. The van der Waals surface area contributed by atoms with Crippen molar-refractivity contribution in [2.24, 2.45) is 0 Å². The molecule has 0 spiro atoms. The third-order valence-corrected chi connectivity index (χ3v) is 8.30. The molecule has 4 aliphatic rings. The Hall–Kier alpha value is -6.20. The van der Waals surface area contributed by atoms with E-state index >= 15 is 0 Å². The topological polar surface area (TPSA) is 213 Å². The molecule has 0 aliphatic carbocycles. The highest BCUT2D eigenvalue weighted by atomic mass is 16.5. The fourth-order valence-corrected chi connectivity index (χ4v) is 6.17. The molecular weight excluding hydrogens is 616 g/mol. The maximum Gasteiger partial charge on any atom is 0.356 e. The van der Waals surface area contributed by atoms with E-state index in [1.165, 1.54) is 36.7 Å². The summed E-state index contributed by atoms with van der Waals surface area (Å²) in [6.45, 7) is 3.08. The monoisotopic (exact) mass is 644 g/mol. The van der Waals surface area contributed by atoms with Crippen molar-refractivity contribution >= 4 is 58.6 Å². The molecule has 18 heteroatoms. The highest BCUT2D eigenvalue weighted by Crippen LogP contribution is 2.40. The van der Waals surface area contributed by atoms with Crippen LogP contribution in [0.3, 0.4) is 0 Å². The summed E-state index contributed by atoms with van der Waals surface area (Å²) < 4.78 is 14.2. The molecular formula is C29H28N10O8. The predicted octanol–water partition coefficient (Wildman–Crippen LogP) is 2.89. The fraction of sp³-hybridized carbons (Fsp3) is 0.310. The van der Waals surface area contributed by atoms with Crippen molar-refractivity contribution in [3.8, 4) is 0 Å². The van der Waals surface area contributed by atoms with E-state index in [0.717, 1.165) is 43.9 Å². The number of hydrogen-bond acceptors (Lipinski definition) is 13. The highest BCUT2D eigenvalue weighted by molar-refractivity contribution is 6.05. The zero-order valence-electron chi connectivity index (χ0n) is 24.9. The van der Waals surface area contributed by atoms with Crippen LogP contribution in [0.25, 0.3) is 0 Å². The number of methoxy groups -OCH3 is 1. The van der Waals surface area contributed by atoms with Gasteiger partial charge in [0, 0.05) is 38.3 Å². The second-order valence-electron chi connectivity index (χ2n) is 11.0. The number of carbonyl (C=O) groups is 4. The molecule has 0 aromatic carbocycles. The predicted molar refractivity (Wildman–Crippen MR) is 164 cm³/mol. The number of hydrogen-bond donors (Lipinski definition) is 3. The Morgan fingerprint density at radius 3 is 1.70 bits per heavy atom. The molecule has 8 heterocycles. The zero-order valence-corrected chi connectivity index (χ0v) is 24.9. The Kier molecular flexibility index (Phi) is 7.50. The van der Waals surface area contributed by atoms with E-state index < -0.39 is 18.0 Å². The Morgan fingerprint density at radius 1 is 0.766 bits per heavy atom. The summed E-state index contributed by atoms with van der Waals surface area (Å²) in [7, 11) is 1.30. The Bertz CT molecular complexity index is 1830.